The molecule has 3 aromatic carbocycles. The number of aliphatic hydroxyl groups excluding tert-OH is 4. The van der Waals surface area contributed by atoms with Crippen LogP contribution in [0.5, 0.6) is 0 Å². The SMILES string of the molecule is Cc1ccc([C@@]2(O)O[C@H](CO)[C@@H](O)[C@H](O)[C@H]2O)cc1C(O[SiH](c1ccccc1)c1ccccc1)C(C)(C)C. The van der Waals surface area contributed by atoms with E-state index in [1.807, 2.05) is 49.4 Å². The van der Waals surface area contributed by atoms with Gasteiger partial charge in [-0.25, -0.2) is 0 Å². The number of ether oxygens (including phenoxy) is 1. The van der Waals surface area contributed by atoms with Gasteiger partial charge in [-0.3, -0.25) is 0 Å². The first-order valence-corrected chi connectivity index (χ1v) is 14.5. The van der Waals surface area contributed by atoms with E-state index in [0.29, 0.717) is 0 Å². The van der Waals surface area contributed by atoms with Crippen LogP contribution in [-0.4, -0.2) is 65.6 Å². The molecule has 0 radical (unpaired) electrons. The van der Waals surface area contributed by atoms with Crippen molar-refractivity contribution < 1.29 is 34.7 Å². The molecule has 1 fully saturated rings. The molecule has 38 heavy (non-hydrogen) atoms. The third-order valence-corrected chi connectivity index (χ3v) is 9.73. The molecule has 6 atom stereocenters. The number of aliphatic hydroxyl groups is 5. The predicted octanol–water partition coefficient (Wildman–Crippen LogP) is 1.26. The summed E-state index contributed by atoms with van der Waals surface area (Å²) >= 11 is 0. The Morgan fingerprint density at radius 3 is 1.95 bits per heavy atom. The summed E-state index contributed by atoms with van der Waals surface area (Å²) in [4.78, 5) is 0. The number of benzene rings is 3. The van der Waals surface area contributed by atoms with Crippen LogP contribution in [0.3, 0.4) is 0 Å². The molecule has 0 aromatic heterocycles. The lowest BCUT2D eigenvalue weighted by Gasteiger charge is -2.46. The van der Waals surface area contributed by atoms with Crippen molar-refractivity contribution in [3.63, 3.8) is 0 Å². The largest absolute Gasteiger partial charge is 0.403 e. The maximum Gasteiger partial charge on any atom is 0.240 e. The maximum atomic E-state index is 11.5. The first kappa shape index (κ1) is 28.6. The number of hydrogen-bond acceptors (Lipinski definition) is 7. The average molecular weight is 539 g/mol. The summed E-state index contributed by atoms with van der Waals surface area (Å²) in [6.07, 6.45) is -6.76. The maximum absolute atomic E-state index is 11.5. The van der Waals surface area contributed by atoms with Crippen molar-refractivity contribution in [2.45, 2.75) is 64.0 Å². The van der Waals surface area contributed by atoms with Gasteiger partial charge in [0.15, 0.2) is 0 Å². The quantitative estimate of drug-likeness (QED) is 0.287. The lowest BCUT2D eigenvalue weighted by atomic mass is 9.81. The minimum absolute atomic E-state index is 0.200. The minimum atomic E-state index is -2.34. The summed E-state index contributed by atoms with van der Waals surface area (Å²) in [5.74, 6) is -2.34. The van der Waals surface area contributed by atoms with E-state index in [4.69, 9.17) is 9.16 Å². The van der Waals surface area contributed by atoms with Gasteiger partial charge in [-0.15, -0.1) is 0 Å². The first-order valence-electron chi connectivity index (χ1n) is 12.9. The summed E-state index contributed by atoms with van der Waals surface area (Å²) < 4.78 is 12.7. The molecule has 1 saturated heterocycles. The van der Waals surface area contributed by atoms with Gasteiger partial charge in [0.25, 0.3) is 0 Å². The summed E-state index contributed by atoms with van der Waals surface area (Å²) in [5, 5.41) is 54.7. The van der Waals surface area contributed by atoms with E-state index in [1.165, 1.54) is 0 Å². The lowest BCUT2D eigenvalue weighted by Crippen LogP contribution is -2.63. The van der Waals surface area contributed by atoms with Crippen LogP contribution in [0.4, 0.5) is 0 Å². The molecule has 1 aliphatic heterocycles. The molecule has 0 amide bonds. The summed E-state index contributed by atoms with van der Waals surface area (Å²) in [6.45, 7) is 7.59. The fraction of sp³-hybridized carbons (Fsp3) is 0.400. The van der Waals surface area contributed by atoms with Gasteiger partial charge in [0.05, 0.1) is 12.7 Å². The van der Waals surface area contributed by atoms with Crippen LogP contribution >= 0.6 is 0 Å². The van der Waals surface area contributed by atoms with Crippen molar-refractivity contribution in [2.24, 2.45) is 5.41 Å². The van der Waals surface area contributed by atoms with Gasteiger partial charge in [-0.2, -0.15) is 0 Å². The summed E-state index contributed by atoms with van der Waals surface area (Å²) in [6, 6.07) is 25.5. The second-order valence-corrected chi connectivity index (χ2v) is 13.5. The fourth-order valence-corrected chi connectivity index (χ4v) is 7.69. The van der Waals surface area contributed by atoms with Crippen molar-refractivity contribution in [3.05, 3.63) is 95.6 Å². The van der Waals surface area contributed by atoms with Crippen molar-refractivity contribution >= 4 is 19.4 Å². The van der Waals surface area contributed by atoms with Crippen LogP contribution in [0.2, 0.25) is 0 Å². The predicted molar refractivity (Wildman–Crippen MR) is 148 cm³/mol. The molecular weight excluding hydrogens is 500 g/mol. The monoisotopic (exact) mass is 538 g/mol. The van der Waals surface area contributed by atoms with Crippen molar-refractivity contribution in [1.29, 1.82) is 0 Å². The summed E-state index contributed by atoms with van der Waals surface area (Å²) in [7, 11) is -2.16. The average Bonchev–Trinajstić information content (AvgIpc) is 2.91. The lowest BCUT2D eigenvalue weighted by molar-refractivity contribution is -0.357. The fourth-order valence-electron chi connectivity index (χ4n) is 5.02. The van der Waals surface area contributed by atoms with E-state index in [2.05, 4.69) is 45.0 Å². The Morgan fingerprint density at radius 1 is 0.895 bits per heavy atom. The first-order chi connectivity index (χ1) is 18.0. The highest BCUT2D eigenvalue weighted by Crippen LogP contribution is 2.42. The van der Waals surface area contributed by atoms with E-state index in [0.717, 1.165) is 21.5 Å². The van der Waals surface area contributed by atoms with Crippen LogP contribution in [-0.2, 0) is 14.9 Å². The van der Waals surface area contributed by atoms with Gasteiger partial charge >= 0.3 is 0 Å². The Kier molecular flexibility index (Phi) is 8.56. The minimum Gasteiger partial charge on any atom is -0.403 e. The molecule has 0 bridgehead atoms. The molecule has 0 spiro atoms. The standard InChI is InChI=1S/C30H38O7Si/c1-19-15-16-20(30(35)27(34)26(33)25(32)24(18-31)36-30)17-23(19)28(29(2,3)4)37-38(21-11-7-5-8-12-21)22-13-9-6-10-14-22/h5-17,24-28,31-35,38H,18H2,1-4H3/t24-,25-,26+,27-,28?,30-/m1/s1. The summed E-state index contributed by atoms with van der Waals surface area (Å²) in [5.41, 5.74) is 1.59. The van der Waals surface area contributed by atoms with Crippen molar-refractivity contribution in [1.82, 2.24) is 0 Å². The molecule has 4 rings (SSSR count). The Balaban J connectivity index is 1.79. The van der Waals surface area contributed by atoms with Crippen LogP contribution in [0.15, 0.2) is 78.9 Å². The number of rotatable bonds is 7. The molecule has 8 heteroatoms. The third-order valence-electron chi connectivity index (χ3n) is 7.20. The highest BCUT2D eigenvalue weighted by atomic mass is 28.3. The van der Waals surface area contributed by atoms with Gasteiger partial charge in [0, 0.05) is 5.56 Å². The molecule has 7 nitrogen and oxygen atoms in total. The second-order valence-electron chi connectivity index (χ2n) is 11.1. The van der Waals surface area contributed by atoms with Gasteiger partial charge < -0.3 is 34.7 Å². The van der Waals surface area contributed by atoms with Gasteiger partial charge in [-0.1, -0.05) is 93.6 Å². The molecule has 1 unspecified atom stereocenters. The topological polar surface area (TPSA) is 120 Å². The normalized spacial score (nSPS) is 26.9. The zero-order chi connectivity index (χ0) is 27.7. The van der Waals surface area contributed by atoms with E-state index < -0.39 is 52.0 Å². The van der Waals surface area contributed by atoms with E-state index >= 15 is 0 Å². The molecule has 5 N–H and O–H groups in total. The number of hydrogen-bond donors (Lipinski definition) is 5. The molecule has 1 heterocycles. The second kappa shape index (κ2) is 11.4. The van der Waals surface area contributed by atoms with Crippen LogP contribution in [0, 0.1) is 12.3 Å². The molecular formula is C30H38O7Si. The van der Waals surface area contributed by atoms with Gasteiger partial charge in [0.2, 0.25) is 14.8 Å². The highest BCUT2D eigenvalue weighted by Gasteiger charge is 2.53. The van der Waals surface area contributed by atoms with E-state index in [1.54, 1.807) is 12.1 Å². The Morgan fingerprint density at radius 2 is 1.45 bits per heavy atom. The molecule has 3 aromatic rings. The Hall–Kier alpha value is -2.40. The van der Waals surface area contributed by atoms with Gasteiger partial charge in [0.1, 0.15) is 24.4 Å². The zero-order valence-corrected chi connectivity index (χ0v) is 23.4. The number of aryl methyl sites for hydroxylation is 1. The van der Waals surface area contributed by atoms with Crippen LogP contribution < -0.4 is 10.4 Å². The Bertz CT molecular complexity index is 1160. The zero-order valence-electron chi connectivity index (χ0n) is 22.2. The van der Waals surface area contributed by atoms with Gasteiger partial charge in [-0.05, 0) is 39.9 Å². The molecule has 0 aliphatic carbocycles. The Labute approximate surface area is 225 Å². The van der Waals surface area contributed by atoms with Crippen LogP contribution in [0.25, 0.3) is 0 Å². The smallest absolute Gasteiger partial charge is 0.240 e. The third kappa shape index (κ3) is 5.63. The molecule has 204 valence electrons. The van der Waals surface area contributed by atoms with Crippen molar-refractivity contribution in [3.8, 4) is 0 Å². The highest BCUT2D eigenvalue weighted by molar-refractivity contribution is 6.80. The van der Waals surface area contributed by atoms with E-state index in [-0.39, 0.29) is 11.0 Å². The van der Waals surface area contributed by atoms with Crippen LogP contribution in [0.1, 0.15) is 43.6 Å². The van der Waals surface area contributed by atoms with Crippen molar-refractivity contribution in [2.75, 3.05) is 6.61 Å². The molecule has 1 aliphatic rings. The molecule has 0 saturated carbocycles. The van der Waals surface area contributed by atoms with E-state index in [9.17, 15) is 25.5 Å².